The number of anilines is 1. The van der Waals surface area contributed by atoms with Crippen molar-refractivity contribution in [3.8, 4) is 0 Å². The summed E-state index contributed by atoms with van der Waals surface area (Å²) in [5.74, 6) is 0. The minimum atomic E-state index is 1.11. The van der Waals surface area contributed by atoms with Crippen molar-refractivity contribution in [3.63, 3.8) is 0 Å². The van der Waals surface area contributed by atoms with Gasteiger partial charge in [0.05, 0.1) is 0 Å². The molecule has 0 atom stereocenters. The standard InChI is InChI=1S/C17H29N/c1-4-5-6-7-8-9-10-13-18-17-12-11-15(2)16(3)14-17/h11-12,14,18H,4-10,13H2,1-3H3. The smallest absolute Gasteiger partial charge is 0.0342 e. The molecule has 0 aliphatic rings. The van der Waals surface area contributed by atoms with Crippen molar-refractivity contribution in [1.29, 1.82) is 0 Å². The van der Waals surface area contributed by atoms with Crippen molar-refractivity contribution >= 4 is 5.69 Å². The van der Waals surface area contributed by atoms with Crippen LogP contribution in [0.2, 0.25) is 0 Å². The monoisotopic (exact) mass is 247 g/mol. The lowest BCUT2D eigenvalue weighted by atomic mass is 10.1. The highest BCUT2D eigenvalue weighted by Crippen LogP contribution is 2.14. The molecule has 1 nitrogen and oxygen atoms in total. The Hall–Kier alpha value is -0.980. The molecule has 0 fully saturated rings. The van der Waals surface area contributed by atoms with Crippen LogP contribution in [-0.2, 0) is 0 Å². The lowest BCUT2D eigenvalue weighted by molar-refractivity contribution is 0.596. The molecule has 0 bridgehead atoms. The number of benzene rings is 1. The fourth-order valence-corrected chi connectivity index (χ4v) is 2.17. The van der Waals surface area contributed by atoms with Gasteiger partial charge in [-0.15, -0.1) is 0 Å². The predicted molar refractivity (Wildman–Crippen MR) is 82.4 cm³/mol. The molecule has 1 aromatic carbocycles. The minimum absolute atomic E-state index is 1.11. The number of hydrogen-bond donors (Lipinski definition) is 1. The molecule has 0 radical (unpaired) electrons. The summed E-state index contributed by atoms with van der Waals surface area (Å²) in [6.07, 6.45) is 9.63. The van der Waals surface area contributed by atoms with E-state index in [1.165, 1.54) is 61.8 Å². The number of nitrogens with one attached hydrogen (secondary N) is 1. The third-order valence-electron chi connectivity index (χ3n) is 3.62. The highest BCUT2D eigenvalue weighted by Gasteiger charge is 1.96. The van der Waals surface area contributed by atoms with Crippen LogP contribution in [0.15, 0.2) is 18.2 Å². The zero-order valence-electron chi connectivity index (χ0n) is 12.4. The van der Waals surface area contributed by atoms with E-state index in [-0.39, 0.29) is 0 Å². The molecule has 1 aromatic rings. The average Bonchev–Trinajstić information content (AvgIpc) is 2.37. The first-order chi connectivity index (χ1) is 8.74. The maximum absolute atomic E-state index is 3.51. The van der Waals surface area contributed by atoms with E-state index in [0.29, 0.717) is 0 Å². The largest absolute Gasteiger partial charge is 0.385 e. The van der Waals surface area contributed by atoms with Gasteiger partial charge >= 0.3 is 0 Å². The molecule has 0 aliphatic carbocycles. The SMILES string of the molecule is CCCCCCCCCNc1ccc(C)c(C)c1. The van der Waals surface area contributed by atoms with Gasteiger partial charge in [-0.3, -0.25) is 0 Å². The summed E-state index contributed by atoms with van der Waals surface area (Å²) >= 11 is 0. The van der Waals surface area contributed by atoms with Crippen molar-refractivity contribution in [3.05, 3.63) is 29.3 Å². The molecule has 0 heterocycles. The van der Waals surface area contributed by atoms with Crippen LogP contribution in [0.3, 0.4) is 0 Å². The summed E-state index contributed by atoms with van der Waals surface area (Å²) in [5, 5.41) is 3.51. The van der Waals surface area contributed by atoms with E-state index in [1.54, 1.807) is 0 Å². The van der Waals surface area contributed by atoms with Gasteiger partial charge in [-0.05, 0) is 43.5 Å². The fourth-order valence-electron chi connectivity index (χ4n) is 2.17. The summed E-state index contributed by atoms with van der Waals surface area (Å²) in [6, 6.07) is 6.63. The lowest BCUT2D eigenvalue weighted by Gasteiger charge is -2.08. The van der Waals surface area contributed by atoms with Crippen LogP contribution in [0.4, 0.5) is 5.69 Å². The Morgan fingerprint density at radius 3 is 2.17 bits per heavy atom. The van der Waals surface area contributed by atoms with Crippen LogP contribution >= 0.6 is 0 Å². The average molecular weight is 247 g/mol. The van der Waals surface area contributed by atoms with E-state index in [4.69, 9.17) is 0 Å². The van der Waals surface area contributed by atoms with E-state index >= 15 is 0 Å². The number of hydrogen-bond acceptors (Lipinski definition) is 1. The Kier molecular flexibility index (Phi) is 7.55. The summed E-state index contributed by atoms with van der Waals surface area (Å²) in [6.45, 7) is 7.72. The van der Waals surface area contributed by atoms with Crippen LogP contribution in [-0.4, -0.2) is 6.54 Å². The van der Waals surface area contributed by atoms with E-state index in [9.17, 15) is 0 Å². The fraction of sp³-hybridized carbons (Fsp3) is 0.647. The molecule has 18 heavy (non-hydrogen) atoms. The Morgan fingerprint density at radius 1 is 0.833 bits per heavy atom. The van der Waals surface area contributed by atoms with Gasteiger partial charge in [0.15, 0.2) is 0 Å². The third-order valence-corrected chi connectivity index (χ3v) is 3.62. The van der Waals surface area contributed by atoms with Gasteiger partial charge in [0.1, 0.15) is 0 Å². The lowest BCUT2D eigenvalue weighted by Crippen LogP contribution is -2.01. The van der Waals surface area contributed by atoms with Gasteiger partial charge in [-0.2, -0.15) is 0 Å². The van der Waals surface area contributed by atoms with Gasteiger partial charge in [0.2, 0.25) is 0 Å². The molecule has 0 spiro atoms. The molecule has 0 amide bonds. The maximum Gasteiger partial charge on any atom is 0.0342 e. The van der Waals surface area contributed by atoms with Gasteiger partial charge in [0, 0.05) is 12.2 Å². The molecule has 1 N–H and O–H groups in total. The van der Waals surface area contributed by atoms with Gasteiger partial charge in [-0.25, -0.2) is 0 Å². The quantitative estimate of drug-likeness (QED) is 0.571. The summed E-state index contributed by atoms with van der Waals surface area (Å²) in [7, 11) is 0. The first-order valence-electron chi connectivity index (χ1n) is 7.55. The zero-order valence-corrected chi connectivity index (χ0v) is 12.4. The highest BCUT2D eigenvalue weighted by atomic mass is 14.9. The van der Waals surface area contributed by atoms with Crippen LogP contribution in [0.25, 0.3) is 0 Å². The molecule has 0 unspecified atom stereocenters. The number of unbranched alkanes of at least 4 members (excludes halogenated alkanes) is 6. The second-order valence-corrected chi connectivity index (χ2v) is 5.35. The van der Waals surface area contributed by atoms with E-state index in [2.05, 4.69) is 44.3 Å². The molecule has 0 aromatic heterocycles. The topological polar surface area (TPSA) is 12.0 Å². The first-order valence-corrected chi connectivity index (χ1v) is 7.55. The van der Waals surface area contributed by atoms with E-state index in [1.807, 2.05) is 0 Å². The Labute approximate surface area is 113 Å². The van der Waals surface area contributed by atoms with Crippen molar-refractivity contribution in [2.45, 2.75) is 65.7 Å². The molecular formula is C17H29N. The molecule has 102 valence electrons. The van der Waals surface area contributed by atoms with Gasteiger partial charge in [-0.1, -0.05) is 51.5 Å². The molecular weight excluding hydrogens is 218 g/mol. The van der Waals surface area contributed by atoms with Crippen molar-refractivity contribution in [2.24, 2.45) is 0 Å². The predicted octanol–water partition coefficient (Wildman–Crippen LogP) is 5.47. The molecule has 1 rings (SSSR count). The van der Waals surface area contributed by atoms with Gasteiger partial charge in [0.25, 0.3) is 0 Å². The first kappa shape index (κ1) is 15.1. The summed E-state index contributed by atoms with van der Waals surface area (Å²) < 4.78 is 0. The Morgan fingerprint density at radius 2 is 1.50 bits per heavy atom. The number of aryl methyl sites for hydroxylation is 2. The van der Waals surface area contributed by atoms with Crippen LogP contribution in [0.5, 0.6) is 0 Å². The summed E-state index contributed by atoms with van der Waals surface area (Å²) in [4.78, 5) is 0. The second-order valence-electron chi connectivity index (χ2n) is 5.35. The Balaban J connectivity index is 2.05. The van der Waals surface area contributed by atoms with Crippen molar-refractivity contribution in [1.82, 2.24) is 0 Å². The molecule has 0 saturated heterocycles. The van der Waals surface area contributed by atoms with E-state index in [0.717, 1.165) is 6.54 Å². The molecule has 0 aliphatic heterocycles. The van der Waals surface area contributed by atoms with Gasteiger partial charge < -0.3 is 5.32 Å². The Bertz CT molecular complexity index is 330. The van der Waals surface area contributed by atoms with E-state index < -0.39 is 0 Å². The third kappa shape index (κ3) is 6.09. The zero-order chi connectivity index (χ0) is 13.2. The summed E-state index contributed by atoms with van der Waals surface area (Å²) in [5.41, 5.74) is 4.01. The molecule has 1 heteroatoms. The maximum atomic E-state index is 3.51. The van der Waals surface area contributed by atoms with Crippen LogP contribution in [0.1, 0.15) is 63.0 Å². The number of rotatable bonds is 9. The normalized spacial score (nSPS) is 10.6. The van der Waals surface area contributed by atoms with Crippen molar-refractivity contribution < 1.29 is 0 Å². The second kappa shape index (κ2) is 9.02. The van der Waals surface area contributed by atoms with Crippen LogP contribution in [0, 0.1) is 13.8 Å². The minimum Gasteiger partial charge on any atom is -0.385 e. The van der Waals surface area contributed by atoms with Crippen molar-refractivity contribution in [2.75, 3.05) is 11.9 Å². The van der Waals surface area contributed by atoms with Crippen LogP contribution < -0.4 is 5.32 Å². The molecule has 0 saturated carbocycles. The highest BCUT2D eigenvalue weighted by molar-refractivity contribution is 5.47.